The van der Waals surface area contributed by atoms with Crippen molar-refractivity contribution < 1.29 is 17.9 Å². The van der Waals surface area contributed by atoms with Crippen LogP contribution in [0.5, 0.6) is 5.75 Å². The fraction of sp³-hybridized carbons (Fsp3) is 0.316. The van der Waals surface area contributed by atoms with E-state index in [-0.39, 0.29) is 36.6 Å². The maximum absolute atomic E-state index is 12.9. The van der Waals surface area contributed by atoms with Crippen molar-refractivity contribution in [3.05, 3.63) is 63.6 Å². The molecule has 0 bridgehead atoms. The third-order valence-corrected chi connectivity index (χ3v) is 7.09. The summed E-state index contributed by atoms with van der Waals surface area (Å²) < 4.78 is 30.3. The van der Waals surface area contributed by atoms with Gasteiger partial charge in [0.25, 0.3) is 5.91 Å². The summed E-state index contributed by atoms with van der Waals surface area (Å²) in [6.45, 7) is 0.0883. The smallest absolute Gasteiger partial charge is 0.261 e. The molecule has 0 N–H and O–H groups in total. The zero-order valence-electron chi connectivity index (χ0n) is 14.5. The highest BCUT2D eigenvalue weighted by Gasteiger charge is 2.35. The molecule has 1 atom stereocenters. The number of hydrogen-bond acceptors (Lipinski definition) is 4. The summed E-state index contributed by atoms with van der Waals surface area (Å²) in [7, 11) is -3.12. The highest BCUT2D eigenvalue weighted by atomic mass is 79.9. The molecule has 0 aromatic heterocycles. The van der Waals surface area contributed by atoms with Gasteiger partial charge in [0.15, 0.2) is 16.4 Å². The number of benzene rings is 2. The fourth-order valence-electron chi connectivity index (χ4n) is 3.01. The second-order valence-electron chi connectivity index (χ2n) is 6.41. The van der Waals surface area contributed by atoms with Gasteiger partial charge in [-0.2, -0.15) is 0 Å². The van der Waals surface area contributed by atoms with E-state index in [0.717, 1.165) is 10.0 Å². The molecule has 1 saturated heterocycles. The molecule has 8 heteroatoms. The Kier molecular flexibility index (Phi) is 6.44. The van der Waals surface area contributed by atoms with Crippen molar-refractivity contribution in [1.82, 2.24) is 4.90 Å². The molecule has 1 heterocycles. The van der Waals surface area contributed by atoms with Crippen LogP contribution in [-0.2, 0) is 21.2 Å². The lowest BCUT2D eigenvalue weighted by Crippen LogP contribution is -2.43. The quantitative estimate of drug-likeness (QED) is 0.643. The van der Waals surface area contributed by atoms with Gasteiger partial charge in [-0.15, -0.1) is 0 Å². The SMILES string of the molecule is O=C(COc1ccc(Br)cc1)N(Cc1ccccc1Cl)[C@H]1CCS(=O)(=O)C1. The molecule has 1 aliphatic rings. The molecule has 0 unspecified atom stereocenters. The monoisotopic (exact) mass is 471 g/mol. The number of nitrogens with zero attached hydrogens (tertiary/aromatic N) is 1. The molecule has 27 heavy (non-hydrogen) atoms. The molecule has 0 saturated carbocycles. The van der Waals surface area contributed by atoms with Crippen LogP contribution in [0.15, 0.2) is 53.0 Å². The number of carbonyl (C=O) groups excluding carboxylic acids is 1. The van der Waals surface area contributed by atoms with E-state index in [1.54, 1.807) is 23.1 Å². The van der Waals surface area contributed by atoms with Gasteiger partial charge in [-0.3, -0.25) is 4.79 Å². The molecule has 144 valence electrons. The molecular formula is C19H19BrClNO4S. The van der Waals surface area contributed by atoms with Crippen LogP contribution in [0.1, 0.15) is 12.0 Å². The first-order chi connectivity index (χ1) is 12.8. The Hall–Kier alpha value is -1.57. The number of amides is 1. The minimum atomic E-state index is -3.12. The third kappa shape index (κ3) is 5.46. The molecule has 2 aromatic rings. The maximum atomic E-state index is 12.9. The van der Waals surface area contributed by atoms with Gasteiger partial charge in [0.05, 0.1) is 11.5 Å². The summed E-state index contributed by atoms with van der Waals surface area (Å²) in [6, 6.07) is 14.0. The van der Waals surface area contributed by atoms with E-state index < -0.39 is 9.84 Å². The van der Waals surface area contributed by atoms with Crippen molar-refractivity contribution in [2.75, 3.05) is 18.1 Å². The average molecular weight is 473 g/mol. The number of hydrogen-bond donors (Lipinski definition) is 0. The van der Waals surface area contributed by atoms with E-state index in [2.05, 4.69) is 15.9 Å². The van der Waals surface area contributed by atoms with Crippen LogP contribution < -0.4 is 4.74 Å². The van der Waals surface area contributed by atoms with Crippen molar-refractivity contribution in [2.24, 2.45) is 0 Å². The average Bonchev–Trinajstić information content (AvgIpc) is 3.00. The van der Waals surface area contributed by atoms with Crippen molar-refractivity contribution >= 4 is 43.3 Å². The molecular weight excluding hydrogens is 454 g/mol. The topological polar surface area (TPSA) is 63.7 Å². The van der Waals surface area contributed by atoms with E-state index in [1.807, 2.05) is 30.3 Å². The largest absolute Gasteiger partial charge is 0.484 e. The van der Waals surface area contributed by atoms with Crippen LogP contribution in [0.4, 0.5) is 0 Å². The van der Waals surface area contributed by atoms with Crippen LogP contribution in [0.2, 0.25) is 5.02 Å². The van der Waals surface area contributed by atoms with Crippen LogP contribution in [0, 0.1) is 0 Å². The zero-order valence-corrected chi connectivity index (χ0v) is 17.6. The molecule has 0 aliphatic carbocycles. The first-order valence-corrected chi connectivity index (χ1v) is 11.4. The fourth-order valence-corrected chi connectivity index (χ4v) is 5.20. The molecule has 1 amide bonds. The summed E-state index contributed by atoms with van der Waals surface area (Å²) in [4.78, 5) is 14.4. The standard InChI is InChI=1S/C19H19BrClNO4S/c20-15-5-7-17(8-6-15)26-12-19(23)22(16-9-10-27(24,25)13-16)11-14-3-1-2-4-18(14)21/h1-8,16H,9-13H2/t16-/m0/s1. The molecule has 5 nitrogen and oxygen atoms in total. The van der Waals surface area contributed by atoms with E-state index in [1.165, 1.54) is 0 Å². The minimum Gasteiger partial charge on any atom is -0.484 e. The van der Waals surface area contributed by atoms with Gasteiger partial charge < -0.3 is 9.64 Å². The summed E-state index contributed by atoms with van der Waals surface area (Å²) in [5.41, 5.74) is 0.778. The molecule has 2 aromatic carbocycles. The first kappa shape index (κ1) is 20.2. The van der Waals surface area contributed by atoms with Gasteiger partial charge in [-0.25, -0.2) is 8.42 Å². The summed E-state index contributed by atoms with van der Waals surface area (Å²) in [6.07, 6.45) is 0.427. The minimum absolute atomic E-state index is 0.0263. The van der Waals surface area contributed by atoms with Gasteiger partial charge in [0.2, 0.25) is 0 Å². The van der Waals surface area contributed by atoms with Crippen molar-refractivity contribution in [2.45, 2.75) is 19.0 Å². The zero-order chi connectivity index (χ0) is 19.4. The van der Waals surface area contributed by atoms with Crippen molar-refractivity contribution in [3.63, 3.8) is 0 Å². The lowest BCUT2D eigenvalue weighted by Gasteiger charge is -2.28. The second kappa shape index (κ2) is 8.63. The Labute approximate surface area is 172 Å². The van der Waals surface area contributed by atoms with Crippen molar-refractivity contribution in [3.8, 4) is 5.75 Å². The van der Waals surface area contributed by atoms with Gasteiger partial charge in [0, 0.05) is 22.1 Å². The number of halogens is 2. The Morgan fingerprint density at radius 3 is 2.52 bits per heavy atom. The van der Waals surface area contributed by atoms with E-state index in [0.29, 0.717) is 17.2 Å². The third-order valence-electron chi connectivity index (χ3n) is 4.44. The molecule has 1 aliphatic heterocycles. The van der Waals surface area contributed by atoms with Gasteiger partial charge in [0.1, 0.15) is 5.75 Å². The highest BCUT2D eigenvalue weighted by Crippen LogP contribution is 2.24. The second-order valence-corrected chi connectivity index (χ2v) is 9.96. The maximum Gasteiger partial charge on any atom is 0.261 e. The highest BCUT2D eigenvalue weighted by molar-refractivity contribution is 9.10. The van der Waals surface area contributed by atoms with Crippen LogP contribution in [-0.4, -0.2) is 43.4 Å². The van der Waals surface area contributed by atoms with Gasteiger partial charge in [-0.05, 0) is 42.3 Å². The van der Waals surface area contributed by atoms with Gasteiger partial charge >= 0.3 is 0 Å². The Balaban J connectivity index is 1.75. The van der Waals surface area contributed by atoms with E-state index >= 15 is 0 Å². The van der Waals surface area contributed by atoms with Crippen molar-refractivity contribution in [1.29, 1.82) is 0 Å². The number of carbonyl (C=O) groups is 1. The molecule has 0 radical (unpaired) electrons. The number of ether oxygens (including phenoxy) is 1. The number of rotatable bonds is 6. The molecule has 1 fully saturated rings. The lowest BCUT2D eigenvalue weighted by atomic mass is 10.1. The van der Waals surface area contributed by atoms with Gasteiger partial charge in [-0.1, -0.05) is 45.7 Å². The Bertz CT molecular complexity index is 918. The summed E-state index contributed by atoms with van der Waals surface area (Å²) in [5.74, 6) is 0.377. The van der Waals surface area contributed by atoms with E-state index in [4.69, 9.17) is 16.3 Å². The first-order valence-electron chi connectivity index (χ1n) is 8.46. The predicted molar refractivity (Wildman–Crippen MR) is 109 cm³/mol. The van der Waals surface area contributed by atoms with E-state index in [9.17, 15) is 13.2 Å². The predicted octanol–water partition coefficient (Wildman–Crippen LogP) is 3.70. The molecule has 3 rings (SSSR count). The Morgan fingerprint density at radius 2 is 1.89 bits per heavy atom. The normalized spacial score (nSPS) is 18.2. The van der Waals surface area contributed by atoms with Crippen LogP contribution in [0.25, 0.3) is 0 Å². The number of sulfone groups is 1. The summed E-state index contributed by atoms with van der Waals surface area (Å²) in [5, 5.41) is 0.546. The molecule has 0 spiro atoms. The summed E-state index contributed by atoms with van der Waals surface area (Å²) >= 11 is 9.58. The lowest BCUT2D eigenvalue weighted by molar-refractivity contribution is -0.136. The Morgan fingerprint density at radius 1 is 1.19 bits per heavy atom. The van der Waals surface area contributed by atoms with Crippen LogP contribution in [0.3, 0.4) is 0 Å². The van der Waals surface area contributed by atoms with Crippen LogP contribution >= 0.6 is 27.5 Å².